The lowest BCUT2D eigenvalue weighted by Gasteiger charge is -2.02. The summed E-state index contributed by atoms with van der Waals surface area (Å²) in [6, 6.07) is 21.4. The van der Waals surface area contributed by atoms with Crippen molar-refractivity contribution in [1.29, 1.82) is 0 Å². The van der Waals surface area contributed by atoms with E-state index in [1.165, 1.54) is 11.8 Å². The molecule has 25 heavy (non-hydrogen) atoms. The highest BCUT2D eigenvalue weighted by Gasteiger charge is 2.24. The van der Waals surface area contributed by atoms with Crippen molar-refractivity contribution in [2.75, 3.05) is 0 Å². The number of aliphatic imine (C=N–C) groups is 1. The van der Waals surface area contributed by atoms with Crippen molar-refractivity contribution >= 4 is 57.0 Å². The zero-order valence-electron chi connectivity index (χ0n) is 13.1. The molecule has 0 aliphatic carbocycles. The molecule has 0 spiro atoms. The van der Waals surface area contributed by atoms with E-state index in [4.69, 9.17) is 11.6 Å². The van der Waals surface area contributed by atoms with Crippen LogP contribution in [0.25, 0.3) is 16.8 Å². The van der Waals surface area contributed by atoms with Crippen molar-refractivity contribution in [1.82, 2.24) is 5.32 Å². The third kappa shape index (κ3) is 3.31. The van der Waals surface area contributed by atoms with Crippen molar-refractivity contribution in [2.24, 2.45) is 4.99 Å². The number of halogens is 1. The van der Waals surface area contributed by atoms with Gasteiger partial charge in [0, 0.05) is 10.4 Å². The summed E-state index contributed by atoms with van der Waals surface area (Å²) in [5.41, 5.74) is 1.65. The lowest BCUT2D eigenvalue weighted by molar-refractivity contribution is -0.115. The first-order chi connectivity index (χ1) is 12.2. The van der Waals surface area contributed by atoms with E-state index in [2.05, 4.69) is 10.3 Å². The minimum atomic E-state index is -0.163. The van der Waals surface area contributed by atoms with Crippen molar-refractivity contribution in [3.63, 3.8) is 0 Å². The maximum atomic E-state index is 12.2. The molecule has 1 heterocycles. The third-order valence-corrected chi connectivity index (χ3v) is 5.09. The van der Waals surface area contributed by atoms with Gasteiger partial charge in [0.05, 0.1) is 10.6 Å². The molecule has 5 heteroatoms. The first-order valence-electron chi connectivity index (χ1n) is 7.72. The standard InChI is InChI=1S/C20H13ClN2OS/c21-16-10-4-2-7-14(16)12-18-19(24)23-20(25-18)22-17-11-5-8-13-6-1-3-9-15(13)17/h1-12H,(H,22,23,24). The van der Waals surface area contributed by atoms with E-state index in [9.17, 15) is 4.79 Å². The summed E-state index contributed by atoms with van der Waals surface area (Å²) < 4.78 is 0. The molecule has 3 aromatic rings. The highest BCUT2D eigenvalue weighted by molar-refractivity contribution is 8.18. The summed E-state index contributed by atoms with van der Waals surface area (Å²) in [7, 11) is 0. The lowest BCUT2D eigenvalue weighted by Crippen LogP contribution is -2.19. The van der Waals surface area contributed by atoms with Crippen LogP contribution in [-0.4, -0.2) is 11.1 Å². The molecule has 0 bridgehead atoms. The summed E-state index contributed by atoms with van der Waals surface area (Å²) in [5.74, 6) is -0.163. The Labute approximate surface area is 154 Å². The van der Waals surface area contributed by atoms with Crippen LogP contribution in [0.3, 0.4) is 0 Å². The average molecular weight is 365 g/mol. The average Bonchev–Trinajstić information content (AvgIpc) is 2.96. The highest BCUT2D eigenvalue weighted by atomic mass is 35.5. The predicted octanol–water partition coefficient (Wildman–Crippen LogP) is 5.38. The van der Waals surface area contributed by atoms with Crippen LogP contribution in [0.1, 0.15) is 5.56 Å². The molecule has 4 rings (SSSR count). The van der Waals surface area contributed by atoms with Gasteiger partial charge in [-0.25, -0.2) is 4.99 Å². The summed E-state index contributed by atoms with van der Waals surface area (Å²) >= 11 is 7.48. The maximum Gasteiger partial charge on any atom is 0.264 e. The fourth-order valence-electron chi connectivity index (χ4n) is 2.63. The van der Waals surface area contributed by atoms with Crippen LogP contribution in [0.4, 0.5) is 5.69 Å². The number of nitrogens with zero attached hydrogens (tertiary/aromatic N) is 1. The molecule has 0 saturated carbocycles. The molecule has 1 fully saturated rings. The Bertz CT molecular complexity index is 1040. The third-order valence-electron chi connectivity index (χ3n) is 3.83. The number of benzene rings is 3. The lowest BCUT2D eigenvalue weighted by atomic mass is 10.1. The van der Waals surface area contributed by atoms with E-state index < -0.39 is 0 Å². The Balaban J connectivity index is 1.68. The van der Waals surface area contributed by atoms with Gasteiger partial charge in [0.2, 0.25) is 0 Å². The van der Waals surface area contributed by atoms with Gasteiger partial charge in [-0.2, -0.15) is 0 Å². The van der Waals surface area contributed by atoms with Gasteiger partial charge in [-0.15, -0.1) is 0 Å². The molecule has 3 nitrogen and oxygen atoms in total. The topological polar surface area (TPSA) is 41.5 Å². The predicted molar refractivity (Wildman–Crippen MR) is 106 cm³/mol. The van der Waals surface area contributed by atoms with Gasteiger partial charge in [0.15, 0.2) is 5.17 Å². The van der Waals surface area contributed by atoms with Gasteiger partial charge in [-0.3, -0.25) is 4.79 Å². The number of nitrogens with one attached hydrogen (secondary N) is 1. The van der Waals surface area contributed by atoms with Gasteiger partial charge in [-0.1, -0.05) is 66.2 Å². The summed E-state index contributed by atoms with van der Waals surface area (Å²) in [6.07, 6.45) is 1.79. The Morgan fingerprint density at radius 2 is 1.72 bits per heavy atom. The smallest absolute Gasteiger partial charge is 0.264 e. The van der Waals surface area contributed by atoms with Crippen LogP contribution < -0.4 is 5.32 Å². The van der Waals surface area contributed by atoms with Crippen molar-refractivity contribution in [3.05, 3.63) is 82.2 Å². The molecule has 122 valence electrons. The normalized spacial score (nSPS) is 17.4. The second-order valence-electron chi connectivity index (χ2n) is 5.50. The van der Waals surface area contributed by atoms with Gasteiger partial charge in [-0.05, 0) is 40.9 Å². The summed E-state index contributed by atoms with van der Waals surface area (Å²) in [5, 5.41) is 6.17. The molecular formula is C20H13ClN2OS. The van der Waals surface area contributed by atoms with Crippen LogP contribution in [-0.2, 0) is 4.79 Å². The number of rotatable bonds is 2. The maximum absolute atomic E-state index is 12.2. The van der Waals surface area contributed by atoms with Crippen LogP contribution in [0.2, 0.25) is 5.02 Å². The number of amides is 1. The number of carbonyl (C=O) groups excluding carboxylic acids is 1. The fourth-order valence-corrected chi connectivity index (χ4v) is 3.65. The van der Waals surface area contributed by atoms with E-state index >= 15 is 0 Å². The van der Waals surface area contributed by atoms with E-state index in [1.54, 1.807) is 12.1 Å². The van der Waals surface area contributed by atoms with Crippen LogP contribution >= 0.6 is 23.4 Å². The van der Waals surface area contributed by atoms with Crippen LogP contribution in [0.15, 0.2) is 76.6 Å². The number of hydrogen-bond acceptors (Lipinski definition) is 3. The van der Waals surface area contributed by atoms with Crippen molar-refractivity contribution in [3.8, 4) is 0 Å². The zero-order chi connectivity index (χ0) is 17.2. The Kier molecular flexibility index (Phi) is 4.30. The Hall–Kier alpha value is -2.56. The molecule has 1 aliphatic rings. The minimum absolute atomic E-state index is 0.163. The molecule has 3 aromatic carbocycles. The fraction of sp³-hybridized carbons (Fsp3) is 0. The summed E-state index contributed by atoms with van der Waals surface area (Å²) in [6.45, 7) is 0. The largest absolute Gasteiger partial charge is 0.300 e. The molecule has 0 atom stereocenters. The molecule has 1 aliphatic heterocycles. The monoisotopic (exact) mass is 364 g/mol. The number of fused-ring (bicyclic) bond motifs is 1. The van der Waals surface area contributed by atoms with Gasteiger partial charge in [0.1, 0.15) is 0 Å². The molecule has 1 amide bonds. The van der Waals surface area contributed by atoms with E-state index in [0.29, 0.717) is 15.1 Å². The second kappa shape index (κ2) is 6.75. The second-order valence-corrected chi connectivity index (χ2v) is 6.94. The highest BCUT2D eigenvalue weighted by Crippen LogP contribution is 2.32. The molecular weight excluding hydrogens is 352 g/mol. The molecule has 1 N–H and O–H groups in total. The first kappa shape index (κ1) is 15.9. The Morgan fingerprint density at radius 3 is 2.60 bits per heavy atom. The van der Waals surface area contributed by atoms with Crippen molar-refractivity contribution in [2.45, 2.75) is 0 Å². The molecule has 0 radical (unpaired) electrons. The minimum Gasteiger partial charge on any atom is -0.300 e. The Morgan fingerprint density at radius 1 is 0.960 bits per heavy atom. The van der Waals surface area contributed by atoms with Crippen LogP contribution in [0.5, 0.6) is 0 Å². The quantitative estimate of drug-likeness (QED) is 0.620. The van der Waals surface area contributed by atoms with Crippen LogP contribution in [0, 0.1) is 0 Å². The first-order valence-corrected chi connectivity index (χ1v) is 8.92. The number of thioether (sulfide) groups is 1. The van der Waals surface area contributed by atoms with E-state index in [-0.39, 0.29) is 5.91 Å². The van der Waals surface area contributed by atoms with E-state index in [1.807, 2.05) is 60.7 Å². The van der Waals surface area contributed by atoms with E-state index in [0.717, 1.165) is 22.0 Å². The van der Waals surface area contributed by atoms with Gasteiger partial charge in [0.25, 0.3) is 5.91 Å². The molecule has 0 unspecified atom stereocenters. The van der Waals surface area contributed by atoms with Gasteiger partial charge >= 0.3 is 0 Å². The van der Waals surface area contributed by atoms with Gasteiger partial charge < -0.3 is 5.32 Å². The zero-order valence-corrected chi connectivity index (χ0v) is 14.6. The van der Waals surface area contributed by atoms with Crippen molar-refractivity contribution < 1.29 is 4.79 Å². The number of hydrogen-bond donors (Lipinski definition) is 1. The summed E-state index contributed by atoms with van der Waals surface area (Å²) in [4.78, 5) is 17.4. The number of carbonyl (C=O) groups is 1. The number of amidine groups is 1. The molecule has 0 aromatic heterocycles. The SMILES string of the molecule is O=C1NC(=Nc2cccc3ccccc23)SC1=Cc1ccccc1Cl. The molecule has 1 saturated heterocycles.